The molecule has 0 bridgehead atoms. The molecule has 1 unspecified atom stereocenters. The molecule has 0 aliphatic carbocycles. The Morgan fingerprint density at radius 3 is 2.43 bits per heavy atom. The van der Waals surface area contributed by atoms with Crippen molar-refractivity contribution in [2.45, 2.75) is 19.9 Å². The van der Waals surface area contributed by atoms with Crippen LogP contribution in [0.1, 0.15) is 25.5 Å². The summed E-state index contributed by atoms with van der Waals surface area (Å²) in [4.78, 5) is 24.8. The topological polar surface area (TPSA) is 58.6 Å². The maximum atomic E-state index is 12.8. The Bertz CT molecular complexity index is 476. The molecule has 0 aliphatic rings. The number of hydrogen-bond donors (Lipinski definition) is 1. The molecule has 0 aromatic heterocycles. The van der Waals surface area contributed by atoms with Gasteiger partial charge in [0.25, 0.3) is 0 Å². The second-order valence-electron chi connectivity index (χ2n) is 4.72. The van der Waals surface area contributed by atoms with Crippen LogP contribution in [-0.2, 0) is 14.3 Å². The Hall–Kier alpha value is -1.95. The normalized spacial score (nSPS) is 12.0. The fourth-order valence-corrected chi connectivity index (χ4v) is 1.85. The molecule has 0 heterocycles. The quantitative estimate of drug-likeness (QED) is 0.775. The van der Waals surface area contributed by atoms with Gasteiger partial charge in [0.15, 0.2) is 0 Å². The van der Waals surface area contributed by atoms with Crippen molar-refractivity contribution in [1.29, 1.82) is 0 Å². The number of methoxy groups -OCH3 is 1. The van der Waals surface area contributed by atoms with Gasteiger partial charge in [-0.3, -0.25) is 14.5 Å². The average molecular weight is 296 g/mol. The molecule has 0 aliphatic heterocycles. The number of ether oxygens (including phenoxy) is 1. The van der Waals surface area contributed by atoms with E-state index in [0.29, 0.717) is 6.54 Å². The molecule has 21 heavy (non-hydrogen) atoms. The molecular weight excluding hydrogens is 275 g/mol. The van der Waals surface area contributed by atoms with Gasteiger partial charge in [-0.15, -0.1) is 0 Å². The smallest absolute Gasteiger partial charge is 0.319 e. The van der Waals surface area contributed by atoms with E-state index in [4.69, 9.17) is 0 Å². The molecule has 1 atom stereocenters. The summed E-state index contributed by atoms with van der Waals surface area (Å²) in [7, 11) is 1.31. The summed E-state index contributed by atoms with van der Waals surface area (Å²) in [5.74, 6) is -0.888. The van der Waals surface area contributed by atoms with Gasteiger partial charge in [0, 0.05) is 0 Å². The lowest BCUT2D eigenvalue weighted by molar-refractivity contribution is -0.142. The summed E-state index contributed by atoms with van der Waals surface area (Å²) in [5.41, 5.74) is 0.820. The van der Waals surface area contributed by atoms with Gasteiger partial charge < -0.3 is 10.1 Å². The van der Waals surface area contributed by atoms with Crippen molar-refractivity contribution in [3.8, 4) is 0 Å². The highest BCUT2D eigenvalue weighted by atomic mass is 19.1. The SMILES string of the molecule is CCN(CC(=O)NC(C)c1ccc(F)cc1)CC(=O)OC. The molecule has 0 fully saturated rings. The van der Waals surface area contributed by atoms with Crippen molar-refractivity contribution in [2.24, 2.45) is 0 Å². The third kappa shape index (κ3) is 5.91. The van der Waals surface area contributed by atoms with E-state index in [-0.39, 0.29) is 36.8 Å². The zero-order valence-corrected chi connectivity index (χ0v) is 12.6. The lowest BCUT2D eigenvalue weighted by Gasteiger charge is -2.20. The van der Waals surface area contributed by atoms with Gasteiger partial charge in [0.05, 0.1) is 26.2 Å². The molecule has 1 aromatic carbocycles. The zero-order valence-electron chi connectivity index (χ0n) is 12.6. The van der Waals surface area contributed by atoms with Gasteiger partial charge in [0.1, 0.15) is 5.82 Å². The van der Waals surface area contributed by atoms with Crippen LogP contribution in [0, 0.1) is 5.82 Å². The number of hydrogen-bond acceptors (Lipinski definition) is 4. The van der Waals surface area contributed by atoms with Gasteiger partial charge in [-0.2, -0.15) is 0 Å². The second kappa shape index (κ2) is 8.36. The van der Waals surface area contributed by atoms with Gasteiger partial charge in [-0.1, -0.05) is 19.1 Å². The highest BCUT2D eigenvalue weighted by molar-refractivity contribution is 5.79. The highest BCUT2D eigenvalue weighted by Gasteiger charge is 2.15. The van der Waals surface area contributed by atoms with Crippen LogP contribution in [-0.4, -0.2) is 43.5 Å². The van der Waals surface area contributed by atoms with Gasteiger partial charge in [-0.05, 0) is 31.2 Å². The molecule has 0 radical (unpaired) electrons. The minimum atomic E-state index is -0.378. The molecule has 1 aromatic rings. The Morgan fingerprint density at radius 1 is 1.29 bits per heavy atom. The Morgan fingerprint density at radius 2 is 1.90 bits per heavy atom. The van der Waals surface area contributed by atoms with E-state index in [1.807, 2.05) is 13.8 Å². The van der Waals surface area contributed by atoms with Crippen LogP contribution in [0.2, 0.25) is 0 Å². The Kier molecular flexibility index (Phi) is 6.81. The number of carbonyl (C=O) groups is 2. The number of amides is 1. The summed E-state index contributed by atoms with van der Waals surface area (Å²) in [6.45, 7) is 4.43. The lowest BCUT2D eigenvalue weighted by Crippen LogP contribution is -2.40. The van der Waals surface area contributed by atoms with Crippen LogP contribution < -0.4 is 5.32 Å². The molecule has 5 nitrogen and oxygen atoms in total. The number of halogens is 1. The van der Waals surface area contributed by atoms with E-state index in [9.17, 15) is 14.0 Å². The first kappa shape index (κ1) is 17.1. The van der Waals surface area contributed by atoms with Crippen molar-refractivity contribution >= 4 is 11.9 Å². The third-order valence-electron chi connectivity index (χ3n) is 3.14. The zero-order chi connectivity index (χ0) is 15.8. The lowest BCUT2D eigenvalue weighted by atomic mass is 10.1. The minimum absolute atomic E-state index is 0.0748. The van der Waals surface area contributed by atoms with Crippen molar-refractivity contribution in [3.63, 3.8) is 0 Å². The van der Waals surface area contributed by atoms with E-state index in [2.05, 4.69) is 10.1 Å². The molecule has 0 saturated heterocycles. The average Bonchev–Trinajstić information content (AvgIpc) is 2.46. The molecule has 1 amide bonds. The predicted octanol–water partition coefficient (Wildman–Crippen LogP) is 1.50. The van der Waals surface area contributed by atoms with Crippen LogP contribution in [0.15, 0.2) is 24.3 Å². The standard InChI is InChI=1S/C15H21FN2O3/c1-4-18(10-15(20)21-3)9-14(19)17-11(2)12-5-7-13(16)8-6-12/h5-8,11H,4,9-10H2,1-3H3,(H,17,19). The third-order valence-corrected chi connectivity index (χ3v) is 3.14. The molecule has 1 rings (SSSR count). The Labute approximate surface area is 124 Å². The maximum absolute atomic E-state index is 12.8. The van der Waals surface area contributed by atoms with Crippen LogP contribution in [0.3, 0.4) is 0 Å². The maximum Gasteiger partial charge on any atom is 0.319 e. The first-order valence-electron chi connectivity index (χ1n) is 6.80. The minimum Gasteiger partial charge on any atom is -0.468 e. The van der Waals surface area contributed by atoms with E-state index < -0.39 is 0 Å². The largest absolute Gasteiger partial charge is 0.468 e. The summed E-state index contributed by atoms with van der Waals surface area (Å²) >= 11 is 0. The summed E-state index contributed by atoms with van der Waals surface area (Å²) in [6, 6.07) is 5.75. The predicted molar refractivity (Wildman–Crippen MR) is 77.1 cm³/mol. The van der Waals surface area contributed by atoms with Gasteiger partial charge >= 0.3 is 5.97 Å². The van der Waals surface area contributed by atoms with E-state index >= 15 is 0 Å². The Balaban J connectivity index is 2.51. The number of nitrogens with one attached hydrogen (secondary N) is 1. The number of esters is 1. The number of rotatable bonds is 7. The van der Waals surface area contributed by atoms with Crippen molar-refractivity contribution in [3.05, 3.63) is 35.6 Å². The van der Waals surface area contributed by atoms with Crippen molar-refractivity contribution < 1.29 is 18.7 Å². The number of nitrogens with zero attached hydrogens (tertiary/aromatic N) is 1. The van der Waals surface area contributed by atoms with E-state index in [1.165, 1.54) is 19.2 Å². The first-order chi connectivity index (χ1) is 9.96. The molecule has 6 heteroatoms. The second-order valence-corrected chi connectivity index (χ2v) is 4.72. The molecule has 0 spiro atoms. The van der Waals surface area contributed by atoms with Crippen LogP contribution in [0.5, 0.6) is 0 Å². The van der Waals surface area contributed by atoms with Crippen LogP contribution in [0.25, 0.3) is 0 Å². The fourth-order valence-electron chi connectivity index (χ4n) is 1.85. The van der Waals surface area contributed by atoms with E-state index in [1.54, 1.807) is 17.0 Å². The van der Waals surface area contributed by atoms with Gasteiger partial charge in [0.2, 0.25) is 5.91 Å². The first-order valence-corrected chi connectivity index (χ1v) is 6.80. The number of benzene rings is 1. The molecule has 116 valence electrons. The highest BCUT2D eigenvalue weighted by Crippen LogP contribution is 2.12. The summed E-state index contributed by atoms with van der Waals surface area (Å²) < 4.78 is 17.4. The van der Waals surface area contributed by atoms with Crippen LogP contribution >= 0.6 is 0 Å². The van der Waals surface area contributed by atoms with E-state index in [0.717, 1.165) is 5.56 Å². The number of carbonyl (C=O) groups excluding carboxylic acids is 2. The van der Waals surface area contributed by atoms with Crippen molar-refractivity contribution in [1.82, 2.24) is 10.2 Å². The van der Waals surface area contributed by atoms with Crippen LogP contribution in [0.4, 0.5) is 4.39 Å². The molecule has 1 N–H and O–H groups in total. The van der Waals surface area contributed by atoms with Crippen molar-refractivity contribution in [2.75, 3.05) is 26.7 Å². The molecule has 0 saturated carbocycles. The summed E-state index contributed by atoms with van der Waals surface area (Å²) in [6.07, 6.45) is 0. The fraction of sp³-hybridized carbons (Fsp3) is 0.467. The monoisotopic (exact) mass is 296 g/mol. The molecular formula is C15H21FN2O3. The number of likely N-dealkylation sites (N-methyl/N-ethyl adjacent to an activating group) is 1. The summed E-state index contributed by atoms with van der Waals surface area (Å²) in [5, 5.41) is 2.82. The van der Waals surface area contributed by atoms with Gasteiger partial charge in [-0.25, -0.2) is 4.39 Å².